The van der Waals surface area contributed by atoms with E-state index in [1.807, 2.05) is 24.4 Å². The van der Waals surface area contributed by atoms with Crippen molar-refractivity contribution >= 4 is 5.69 Å². The Morgan fingerprint density at radius 1 is 1.26 bits per heavy atom. The molecule has 1 saturated heterocycles. The van der Waals surface area contributed by atoms with Gasteiger partial charge in [-0.25, -0.2) is 0 Å². The van der Waals surface area contributed by atoms with Gasteiger partial charge in [0.25, 0.3) is 0 Å². The summed E-state index contributed by atoms with van der Waals surface area (Å²) in [6.07, 6.45) is 6.48. The molecule has 2 heterocycles. The predicted octanol–water partition coefficient (Wildman–Crippen LogP) is 3.97. The summed E-state index contributed by atoms with van der Waals surface area (Å²) >= 11 is 0. The SMILES string of the molecule is CCCc1ccc(CC2CCN(c3ccccc3C#N)C2)nc1. The van der Waals surface area contributed by atoms with Crippen molar-refractivity contribution < 1.29 is 0 Å². The lowest BCUT2D eigenvalue weighted by atomic mass is 10.0. The quantitative estimate of drug-likeness (QED) is 0.839. The number of hydrogen-bond acceptors (Lipinski definition) is 3. The standard InChI is InChI=1S/C20H23N3/c1-2-5-16-8-9-19(22-14-16)12-17-10-11-23(15-17)20-7-4-3-6-18(20)13-21/h3-4,6-9,14,17H,2,5,10-12,15H2,1H3. The van der Waals surface area contributed by atoms with Crippen molar-refractivity contribution in [2.24, 2.45) is 5.92 Å². The predicted molar refractivity (Wildman–Crippen MR) is 93.4 cm³/mol. The Bertz CT molecular complexity index is 685. The second kappa shape index (κ2) is 7.28. The highest BCUT2D eigenvalue weighted by Crippen LogP contribution is 2.28. The largest absolute Gasteiger partial charge is 0.370 e. The number of hydrogen-bond donors (Lipinski definition) is 0. The van der Waals surface area contributed by atoms with Crippen molar-refractivity contribution in [3.8, 4) is 6.07 Å². The van der Waals surface area contributed by atoms with E-state index in [4.69, 9.17) is 0 Å². The van der Waals surface area contributed by atoms with Crippen LogP contribution in [-0.2, 0) is 12.8 Å². The van der Waals surface area contributed by atoms with E-state index in [-0.39, 0.29) is 0 Å². The zero-order valence-electron chi connectivity index (χ0n) is 13.7. The van der Waals surface area contributed by atoms with E-state index in [9.17, 15) is 5.26 Å². The Hall–Kier alpha value is -2.34. The Labute approximate surface area is 138 Å². The molecule has 1 atom stereocenters. The van der Waals surface area contributed by atoms with Crippen LogP contribution in [0.5, 0.6) is 0 Å². The maximum absolute atomic E-state index is 9.26. The van der Waals surface area contributed by atoms with Crippen molar-refractivity contribution in [2.45, 2.75) is 32.6 Å². The minimum atomic E-state index is 0.617. The lowest BCUT2D eigenvalue weighted by molar-refractivity contribution is 0.577. The summed E-state index contributed by atoms with van der Waals surface area (Å²) in [5.74, 6) is 0.617. The lowest BCUT2D eigenvalue weighted by Gasteiger charge is -2.19. The molecule has 1 aromatic heterocycles. The van der Waals surface area contributed by atoms with Crippen molar-refractivity contribution in [1.82, 2.24) is 4.98 Å². The molecule has 2 aromatic rings. The molecular formula is C20H23N3. The smallest absolute Gasteiger partial charge is 0.101 e. The normalized spacial score (nSPS) is 17.2. The van der Waals surface area contributed by atoms with Crippen LogP contribution < -0.4 is 4.90 Å². The van der Waals surface area contributed by atoms with Crippen LogP contribution in [-0.4, -0.2) is 18.1 Å². The molecule has 118 valence electrons. The Morgan fingerprint density at radius 3 is 2.87 bits per heavy atom. The molecule has 1 aromatic carbocycles. The molecule has 1 aliphatic rings. The molecule has 23 heavy (non-hydrogen) atoms. The number of nitriles is 1. The maximum atomic E-state index is 9.26. The second-order valence-corrected chi connectivity index (χ2v) is 6.34. The van der Waals surface area contributed by atoms with Crippen LogP contribution in [0.3, 0.4) is 0 Å². The zero-order valence-corrected chi connectivity index (χ0v) is 13.7. The van der Waals surface area contributed by atoms with Gasteiger partial charge in [-0.3, -0.25) is 4.98 Å². The van der Waals surface area contributed by atoms with Gasteiger partial charge in [-0.15, -0.1) is 0 Å². The average Bonchev–Trinajstić information content (AvgIpc) is 3.05. The first kappa shape index (κ1) is 15.6. The fourth-order valence-electron chi connectivity index (χ4n) is 3.37. The first-order valence-electron chi connectivity index (χ1n) is 8.48. The summed E-state index contributed by atoms with van der Waals surface area (Å²) in [4.78, 5) is 6.96. The number of pyridine rings is 1. The highest BCUT2D eigenvalue weighted by atomic mass is 15.2. The van der Waals surface area contributed by atoms with Crippen molar-refractivity contribution in [1.29, 1.82) is 5.26 Å². The summed E-state index contributed by atoms with van der Waals surface area (Å²) < 4.78 is 0. The maximum Gasteiger partial charge on any atom is 0.101 e. The molecule has 0 radical (unpaired) electrons. The van der Waals surface area contributed by atoms with Gasteiger partial charge in [-0.2, -0.15) is 5.26 Å². The summed E-state index contributed by atoms with van der Waals surface area (Å²) in [6.45, 7) is 4.23. The van der Waals surface area contributed by atoms with Crippen LogP contribution in [0.1, 0.15) is 36.6 Å². The van der Waals surface area contributed by atoms with E-state index in [0.717, 1.165) is 50.0 Å². The average molecular weight is 305 g/mol. The van der Waals surface area contributed by atoms with Gasteiger partial charge < -0.3 is 4.90 Å². The lowest BCUT2D eigenvalue weighted by Crippen LogP contribution is -2.21. The van der Waals surface area contributed by atoms with Gasteiger partial charge in [-0.1, -0.05) is 31.5 Å². The molecule has 0 amide bonds. The summed E-state index contributed by atoms with van der Waals surface area (Å²) in [6, 6.07) is 14.6. The topological polar surface area (TPSA) is 39.9 Å². The van der Waals surface area contributed by atoms with Crippen LogP contribution in [0, 0.1) is 17.2 Å². The van der Waals surface area contributed by atoms with Crippen molar-refractivity contribution in [2.75, 3.05) is 18.0 Å². The highest BCUT2D eigenvalue weighted by molar-refractivity contribution is 5.59. The van der Waals surface area contributed by atoms with Gasteiger partial charge in [0.2, 0.25) is 0 Å². The molecule has 0 aliphatic carbocycles. The summed E-state index contributed by atoms with van der Waals surface area (Å²) in [5, 5.41) is 9.26. The van der Waals surface area contributed by atoms with Crippen LogP contribution in [0.25, 0.3) is 0 Å². The second-order valence-electron chi connectivity index (χ2n) is 6.34. The molecule has 0 N–H and O–H groups in total. The van der Waals surface area contributed by atoms with Gasteiger partial charge in [0.1, 0.15) is 6.07 Å². The molecule has 1 aliphatic heterocycles. The van der Waals surface area contributed by atoms with Crippen LogP contribution >= 0.6 is 0 Å². The monoisotopic (exact) mass is 305 g/mol. The van der Waals surface area contributed by atoms with Crippen LogP contribution in [0.2, 0.25) is 0 Å². The third-order valence-electron chi connectivity index (χ3n) is 4.57. The first-order chi connectivity index (χ1) is 11.3. The molecule has 3 nitrogen and oxygen atoms in total. The van der Waals surface area contributed by atoms with Gasteiger partial charge >= 0.3 is 0 Å². The molecule has 3 rings (SSSR count). The molecule has 1 unspecified atom stereocenters. The van der Waals surface area contributed by atoms with E-state index >= 15 is 0 Å². The number of benzene rings is 1. The molecule has 0 saturated carbocycles. The number of aromatic nitrogens is 1. The summed E-state index contributed by atoms with van der Waals surface area (Å²) in [7, 11) is 0. The minimum absolute atomic E-state index is 0.617. The Morgan fingerprint density at radius 2 is 2.13 bits per heavy atom. The van der Waals surface area contributed by atoms with E-state index in [1.165, 1.54) is 11.3 Å². The third kappa shape index (κ3) is 3.71. The Kier molecular flexibility index (Phi) is 4.92. The number of anilines is 1. The molecule has 0 spiro atoms. The van der Waals surface area contributed by atoms with Gasteiger partial charge in [-0.05, 0) is 48.9 Å². The van der Waals surface area contributed by atoms with E-state index in [1.54, 1.807) is 0 Å². The molecule has 0 bridgehead atoms. The molecule has 1 fully saturated rings. The highest BCUT2D eigenvalue weighted by Gasteiger charge is 2.24. The minimum Gasteiger partial charge on any atom is -0.370 e. The number of rotatable bonds is 5. The van der Waals surface area contributed by atoms with Crippen LogP contribution in [0.4, 0.5) is 5.69 Å². The third-order valence-corrected chi connectivity index (χ3v) is 4.57. The zero-order chi connectivity index (χ0) is 16.1. The molecular weight excluding hydrogens is 282 g/mol. The number of aryl methyl sites for hydroxylation is 1. The van der Waals surface area contributed by atoms with Crippen molar-refractivity contribution in [3.05, 3.63) is 59.4 Å². The Balaban J connectivity index is 1.63. The number of nitrogens with zero attached hydrogens (tertiary/aromatic N) is 3. The fraction of sp³-hybridized carbons (Fsp3) is 0.400. The van der Waals surface area contributed by atoms with E-state index < -0.39 is 0 Å². The van der Waals surface area contributed by atoms with E-state index in [2.05, 4.69) is 41.1 Å². The van der Waals surface area contributed by atoms with Gasteiger partial charge in [0.05, 0.1) is 11.3 Å². The van der Waals surface area contributed by atoms with Gasteiger partial charge in [0.15, 0.2) is 0 Å². The van der Waals surface area contributed by atoms with Crippen LogP contribution in [0.15, 0.2) is 42.6 Å². The molecule has 3 heteroatoms. The van der Waals surface area contributed by atoms with Crippen molar-refractivity contribution in [3.63, 3.8) is 0 Å². The van der Waals surface area contributed by atoms with E-state index in [0.29, 0.717) is 5.92 Å². The first-order valence-corrected chi connectivity index (χ1v) is 8.48. The summed E-state index contributed by atoms with van der Waals surface area (Å²) in [5.41, 5.74) is 4.36. The van der Waals surface area contributed by atoms with Gasteiger partial charge in [0, 0.05) is 25.0 Å². The number of para-hydroxylation sites is 1. The fourth-order valence-corrected chi connectivity index (χ4v) is 3.37.